The molecule has 3 N–H and O–H groups in total. The topological polar surface area (TPSA) is 107 Å². The fourth-order valence-corrected chi connectivity index (χ4v) is 4.38. The number of aromatic nitrogens is 4. The first-order valence-electron chi connectivity index (χ1n) is 11.3. The van der Waals surface area contributed by atoms with Crippen LogP contribution in [-0.2, 0) is 4.74 Å². The minimum absolute atomic E-state index is 0.0912. The van der Waals surface area contributed by atoms with Crippen LogP contribution < -0.4 is 5.73 Å². The van der Waals surface area contributed by atoms with Crippen LogP contribution in [0.4, 0.5) is 0 Å². The van der Waals surface area contributed by atoms with Gasteiger partial charge in [0.05, 0.1) is 28.7 Å². The average Bonchev–Trinajstić information content (AvgIpc) is 3.30. The molecule has 1 aliphatic rings. The van der Waals surface area contributed by atoms with E-state index in [1.807, 2.05) is 49.4 Å². The van der Waals surface area contributed by atoms with Crippen LogP contribution in [-0.4, -0.2) is 37.8 Å². The van der Waals surface area contributed by atoms with Gasteiger partial charge in [-0.3, -0.25) is 15.1 Å². The zero-order valence-corrected chi connectivity index (χ0v) is 18.8. The predicted molar refractivity (Wildman–Crippen MR) is 128 cm³/mol. The highest BCUT2D eigenvalue weighted by Crippen LogP contribution is 2.32. The first-order chi connectivity index (χ1) is 15.9. The van der Waals surface area contributed by atoms with Crippen molar-refractivity contribution in [3.8, 4) is 22.5 Å². The predicted octanol–water partition coefficient (Wildman–Crippen LogP) is 4.81. The second kappa shape index (κ2) is 8.41. The normalized spacial score (nSPS) is 20.6. The lowest BCUT2D eigenvalue weighted by molar-refractivity contribution is 0.0152. The molecule has 0 radical (unpaired) electrons. The number of aryl methyl sites for hydroxylation is 1. The molecule has 0 aliphatic heterocycles. The lowest BCUT2D eigenvalue weighted by Gasteiger charge is -2.33. The molecule has 7 heteroatoms. The van der Waals surface area contributed by atoms with Gasteiger partial charge < -0.3 is 10.5 Å². The standard InChI is InChI=1S/C26H27N5O2/c1-16-4-3-5-23(30-16)24-21(15-29-31-24)17-6-7-22-18(12-17)13-19(14-28-22)25(32)33-20-8-10-26(2,27)11-9-20/h3-7,12-15,20H,8-11,27H2,1-2H3,(H,29,31). The van der Waals surface area contributed by atoms with Crippen molar-refractivity contribution < 1.29 is 9.53 Å². The molecule has 0 amide bonds. The van der Waals surface area contributed by atoms with E-state index in [2.05, 4.69) is 27.1 Å². The number of ether oxygens (including phenoxy) is 1. The Morgan fingerprint density at radius 3 is 2.76 bits per heavy atom. The summed E-state index contributed by atoms with van der Waals surface area (Å²) in [5.74, 6) is -0.339. The van der Waals surface area contributed by atoms with Crippen molar-refractivity contribution in [2.45, 2.75) is 51.2 Å². The first kappa shape index (κ1) is 21.3. The molecule has 0 spiro atoms. The Labute approximate surface area is 192 Å². The maximum Gasteiger partial charge on any atom is 0.339 e. The van der Waals surface area contributed by atoms with Gasteiger partial charge in [0.2, 0.25) is 0 Å². The highest BCUT2D eigenvalue weighted by Gasteiger charge is 2.29. The van der Waals surface area contributed by atoms with Crippen LogP contribution in [0.5, 0.6) is 0 Å². The number of nitrogens with two attached hydrogens (primary N) is 1. The number of carbonyl (C=O) groups is 1. The van der Waals surface area contributed by atoms with Crippen LogP contribution >= 0.6 is 0 Å². The summed E-state index contributed by atoms with van der Waals surface area (Å²) in [4.78, 5) is 21.9. The van der Waals surface area contributed by atoms with Crippen LogP contribution in [0.25, 0.3) is 33.4 Å². The highest BCUT2D eigenvalue weighted by molar-refractivity contribution is 5.95. The zero-order chi connectivity index (χ0) is 23.0. The van der Waals surface area contributed by atoms with Gasteiger partial charge in [0.25, 0.3) is 0 Å². The minimum atomic E-state index is -0.339. The molecule has 7 nitrogen and oxygen atoms in total. The molecule has 5 rings (SSSR count). The van der Waals surface area contributed by atoms with Crippen LogP contribution in [0.1, 0.15) is 48.7 Å². The van der Waals surface area contributed by atoms with Gasteiger partial charge in [-0.1, -0.05) is 12.1 Å². The average molecular weight is 442 g/mol. The molecule has 33 heavy (non-hydrogen) atoms. The highest BCUT2D eigenvalue weighted by atomic mass is 16.5. The Bertz CT molecular complexity index is 1320. The largest absolute Gasteiger partial charge is 0.459 e. The molecular weight excluding hydrogens is 414 g/mol. The number of nitrogens with one attached hydrogen (secondary N) is 1. The summed E-state index contributed by atoms with van der Waals surface area (Å²) in [5.41, 5.74) is 11.8. The van der Waals surface area contributed by atoms with Crippen molar-refractivity contribution in [3.63, 3.8) is 0 Å². The van der Waals surface area contributed by atoms with Gasteiger partial charge in [0.15, 0.2) is 0 Å². The van der Waals surface area contributed by atoms with Crippen molar-refractivity contribution in [2.75, 3.05) is 0 Å². The van der Waals surface area contributed by atoms with Crippen molar-refractivity contribution in [3.05, 3.63) is 66.1 Å². The summed E-state index contributed by atoms with van der Waals surface area (Å²) in [6.07, 6.45) is 6.58. The quantitative estimate of drug-likeness (QED) is 0.440. The summed E-state index contributed by atoms with van der Waals surface area (Å²) in [5, 5.41) is 8.17. The molecule has 1 aromatic carbocycles. The summed E-state index contributed by atoms with van der Waals surface area (Å²) in [6.45, 7) is 4.01. The summed E-state index contributed by atoms with van der Waals surface area (Å²) < 4.78 is 5.75. The van der Waals surface area contributed by atoms with Gasteiger partial charge in [-0.15, -0.1) is 0 Å². The molecule has 1 aliphatic carbocycles. The molecule has 3 aromatic heterocycles. The summed E-state index contributed by atoms with van der Waals surface area (Å²) >= 11 is 0. The molecule has 0 bridgehead atoms. The van der Waals surface area contributed by atoms with E-state index in [0.717, 1.165) is 64.8 Å². The number of benzene rings is 1. The summed E-state index contributed by atoms with van der Waals surface area (Å²) in [6, 6.07) is 13.7. The van der Waals surface area contributed by atoms with Gasteiger partial charge in [0.1, 0.15) is 6.10 Å². The van der Waals surface area contributed by atoms with Gasteiger partial charge in [-0.05, 0) is 75.4 Å². The Balaban J connectivity index is 1.41. The molecular formula is C26H27N5O2. The van der Waals surface area contributed by atoms with E-state index in [1.54, 1.807) is 12.4 Å². The fraction of sp³-hybridized carbons (Fsp3) is 0.308. The molecule has 0 saturated heterocycles. The van der Waals surface area contributed by atoms with E-state index in [0.29, 0.717) is 5.56 Å². The number of fused-ring (bicyclic) bond motifs is 1. The van der Waals surface area contributed by atoms with Crippen LogP contribution in [0.15, 0.2) is 54.9 Å². The number of esters is 1. The number of hydrogen-bond acceptors (Lipinski definition) is 6. The second-order valence-electron chi connectivity index (χ2n) is 9.21. The molecule has 1 saturated carbocycles. The van der Waals surface area contributed by atoms with Crippen LogP contribution in [0.2, 0.25) is 0 Å². The molecule has 1 fully saturated rings. The van der Waals surface area contributed by atoms with Gasteiger partial charge >= 0.3 is 5.97 Å². The number of pyridine rings is 2. The number of carbonyl (C=O) groups excluding carboxylic acids is 1. The third-order valence-corrected chi connectivity index (χ3v) is 6.36. The van der Waals surface area contributed by atoms with Crippen LogP contribution in [0.3, 0.4) is 0 Å². The number of hydrogen-bond donors (Lipinski definition) is 2. The van der Waals surface area contributed by atoms with E-state index >= 15 is 0 Å². The Morgan fingerprint density at radius 1 is 1.15 bits per heavy atom. The lowest BCUT2D eigenvalue weighted by Crippen LogP contribution is -2.42. The second-order valence-corrected chi connectivity index (χ2v) is 9.21. The van der Waals surface area contributed by atoms with E-state index in [9.17, 15) is 4.79 Å². The monoisotopic (exact) mass is 441 g/mol. The third-order valence-electron chi connectivity index (χ3n) is 6.36. The Morgan fingerprint density at radius 2 is 1.97 bits per heavy atom. The maximum atomic E-state index is 12.8. The van der Waals surface area contributed by atoms with E-state index < -0.39 is 0 Å². The lowest BCUT2D eigenvalue weighted by atomic mass is 9.83. The van der Waals surface area contributed by atoms with E-state index in [1.165, 1.54) is 0 Å². The van der Waals surface area contributed by atoms with Crippen molar-refractivity contribution in [1.82, 2.24) is 20.2 Å². The molecule has 0 unspecified atom stereocenters. The van der Waals surface area contributed by atoms with Crippen molar-refractivity contribution >= 4 is 16.9 Å². The van der Waals surface area contributed by atoms with Crippen molar-refractivity contribution in [2.24, 2.45) is 5.73 Å². The van der Waals surface area contributed by atoms with Gasteiger partial charge in [0, 0.05) is 28.4 Å². The van der Waals surface area contributed by atoms with E-state index in [4.69, 9.17) is 10.5 Å². The number of aromatic amines is 1. The Kier molecular flexibility index (Phi) is 5.42. The third kappa shape index (κ3) is 4.50. The Hall–Kier alpha value is -3.58. The zero-order valence-electron chi connectivity index (χ0n) is 18.8. The molecule has 168 valence electrons. The minimum Gasteiger partial charge on any atom is -0.459 e. The molecule has 3 heterocycles. The van der Waals surface area contributed by atoms with Crippen molar-refractivity contribution in [1.29, 1.82) is 0 Å². The SMILES string of the molecule is Cc1cccc(-c2[nH]ncc2-c2ccc3ncc(C(=O)OC4CCC(C)(N)CC4)cc3c2)n1. The number of nitrogens with zero attached hydrogens (tertiary/aromatic N) is 3. The number of H-pyrrole nitrogens is 1. The molecule has 4 aromatic rings. The first-order valence-corrected chi connectivity index (χ1v) is 11.3. The van der Waals surface area contributed by atoms with Crippen LogP contribution in [0, 0.1) is 6.92 Å². The fourth-order valence-electron chi connectivity index (χ4n) is 4.38. The molecule has 0 atom stereocenters. The maximum absolute atomic E-state index is 12.8. The summed E-state index contributed by atoms with van der Waals surface area (Å²) in [7, 11) is 0. The number of rotatable bonds is 4. The smallest absolute Gasteiger partial charge is 0.339 e. The van der Waals surface area contributed by atoms with Gasteiger partial charge in [-0.2, -0.15) is 5.10 Å². The van der Waals surface area contributed by atoms with Gasteiger partial charge in [-0.25, -0.2) is 4.79 Å². The van der Waals surface area contributed by atoms with E-state index in [-0.39, 0.29) is 17.6 Å².